The number of amidine groups is 1. The normalized spacial score (nSPS) is 20.9. The van der Waals surface area contributed by atoms with Crippen LogP contribution in [0.25, 0.3) is 10.1 Å². The highest BCUT2D eigenvalue weighted by Gasteiger charge is 2.33. The molecule has 0 radical (unpaired) electrons. The summed E-state index contributed by atoms with van der Waals surface area (Å²) in [5.41, 5.74) is 3.55. The lowest BCUT2D eigenvalue weighted by Crippen LogP contribution is -2.52. The minimum Gasteiger partial charge on any atom is -0.339 e. The lowest BCUT2D eigenvalue weighted by molar-refractivity contribution is 0.0569. The third-order valence-electron chi connectivity index (χ3n) is 6.33. The van der Waals surface area contributed by atoms with Gasteiger partial charge < -0.3 is 10.2 Å². The van der Waals surface area contributed by atoms with E-state index in [1.54, 1.807) is 6.20 Å². The van der Waals surface area contributed by atoms with Crippen LogP contribution in [-0.4, -0.2) is 63.1 Å². The van der Waals surface area contributed by atoms with Gasteiger partial charge in [0.05, 0.1) is 11.2 Å². The van der Waals surface area contributed by atoms with Gasteiger partial charge in [-0.2, -0.15) is 4.37 Å². The fourth-order valence-electron chi connectivity index (χ4n) is 4.75. The number of carbonyl (C=O) groups is 1. The van der Waals surface area contributed by atoms with Crippen molar-refractivity contribution in [2.75, 3.05) is 31.5 Å². The van der Waals surface area contributed by atoms with Crippen molar-refractivity contribution in [1.82, 2.24) is 19.2 Å². The van der Waals surface area contributed by atoms with Gasteiger partial charge in [-0.15, -0.1) is 0 Å². The van der Waals surface area contributed by atoms with E-state index >= 15 is 0 Å². The molecule has 1 atom stereocenters. The van der Waals surface area contributed by atoms with E-state index in [0.29, 0.717) is 18.3 Å². The number of aromatic nitrogens is 2. The van der Waals surface area contributed by atoms with Crippen LogP contribution in [0.2, 0.25) is 0 Å². The number of pyridine rings is 1. The van der Waals surface area contributed by atoms with Gasteiger partial charge in [0.15, 0.2) is 5.84 Å². The number of benzene rings is 1. The van der Waals surface area contributed by atoms with Crippen LogP contribution < -0.4 is 5.32 Å². The number of nitrogens with zero attached hydrogens (tertiary/aromatic N) is 5. The zero-order valence-electron chi connectivity index (χ0n) is 16.5. The van der Waals surface area contributed by atoms with Gasteiger partial charge in [0, 0.05) is 48.5 Å². The molecule has 0 spiro atoms. The second-order valence-corrected chi connectivity index (χ2v) is 8.93. The molecule has 3 aliphatic heterocycles. The number of piperazine rings is 1. The highest BCUT2D eigenvalue weighted by molar-refractivity contribution is 7.13. The van der Waals surface area contributed by atoms with E-state index in [-0.39, 0.29) is 5.91 Å². The highest BCUT2D eigenvalue weighted by atomic mass is 32.1. The van der Waals surface area contributed by atoms with Gasteiger partial charge in [0.2, 0.25) is 0 Å². The van der Waals surface area contributed by atoms with Crippen molar-refractivity contribution < 1.29 is 4.79 Å². The Balaban J connectivity index is 1.23. The Hall–Kier alpha value is -2.84. The van der Waals surface area contributed by atoms with Gasteiger partial charge in [-0.1, -0.05) is 6.07 Å². The number of fused-ring (bicyclic) bond motifs is 3. The van der Waals surface area contributed by atoms with Crippen LogP contribution >= 0.6 is 11.5 Å². The maximum atomic E-state index is 13.2. The lowest BCUT2D eigenvalue weighted by atomic mass is 10.1. The Bertz CT molecular complexity index is 1170. The van der Waals surface area contributed by atoms with Crippen molar-refractivity contribution >= 4 is 39.0 Å². The third-order valence-corrected chi connectivity index (χ3v) is 7.14. The number of anilines is 1. The van der Waals surface area contributed by atoms with Crippen molar-refractivity contribution in [3.05, 3.63) is 53.5 Å². The smallest absolute Gasteiger partial charge is 0.274 e. The Morgan fingerprint density at radius 1 is 1.20 bits per heavy atom. The minimum absolute atomic E-state index is 0.0619. The second kappa shape index (κ2) is 7.14. The molecule has 1 aromatic carbocycles. The van der Waals surface area contributed by atoms with Gasteiger partial charge in [-0.3, -0.25) is 19.7 Å². The average molecular weight is 419 g/mol. The van der Waals surface area contributed by atoms with Crippen LogP contribution in [0.5, 0.6) is 0 Å². The summed E-state index contributed by atoms with van der Waals surface area (Å²) in [6.45, 7) is 4.42. The highest BCUT2D eigenvalue weighted by Crippen LogP contribution is 2.29. The molecule has 0 aliphatic carbocycles. The topological polar surface area (TPSA) is 73.7 Å². The molecule has 30 heavy (non-hydrogen) atoms. The molecule has 3 aliphatic rings. The first-order valence-corrected chi connectivity index (χ1v) is 11.2. The summed E-state index contributed by atoms with van der Waals surface area (Å²) in [5.74, 6) is 0.854. The van der Waals surface area contributed by atoms with Crippen molar-refractivity contribution in [1.29, 1.82) is 0 Å². The summed E-state index contributed by atoms with van der Waals surface area (Å²) in [4.78, 5) is 26.7. The molecule has 0 saturated carbocycles. The largest absolute Gasteiger partial charge is 0.339 e. The Kier molecular flexibility index (Phi) is 4.28. The van der Waals surface area contributed by atoms with Crippen molar-refractivity contribution in [2.45, 2.75) is 25.4 Å². The Morgan fingerprint density at radius 2 is 2.17 bits per heavy atom. The van der Waals surface area contributed by atoms with Gasteiger partial charge in [-0.05, 0) is 55.2 Å². The number of nitrogens with one attached hydrogen (secondary N) is 1. The van der Waals surface area contributed by atoms with Crippen LogP contribution in [0.3, 0.4) is 0 Å². The SMILES string of the molecule is O=C(c1nsc2cc(NC3=NCc4cccnc43)ccc12)N1CCN2CCCC2C1. The fourth-order valence-corrected chi connectivity index (χ4v) is 5.56. The summed E-state index contributed by atoms with van der Waals surface area (Å²) in [7, 11) is 0. The first kappa shape index (κ1) is 18.0. The molecule has 2 saturated heterocycles. The van der Waals surface area contributed by atoms with Gasteiger partial charge >= 0.3 is 0 Å². The number of aliphatic imine (C=N–C) groups is 1. The monoisotopic (exact) mass is 418 g/mol. The first-order valence-electron chi connectivity index (χ1n) is 10.4. The van der Waals surface area contributed by atoms with Gasteiger partial charge in [-0.25, -0.2) is 0 Å². The van der Waals surface area contributed by atoms with Gasteiger partial charge in [0.1, 0.15) is 11.4 Å². The standard InChI is InChI=1S/C22H22N6OS/c29-22(28-10-9-27-8-2-4-16(27)13-28)20-17-6-5-15(11-18(17)30-26-20)25-21-19-14(12-24-21)3-1-7-23-19/h1,3,5-7,11,16H,2,4,8-10,12-13H2,(H,24,25). The molecule has 152 valence electrons. The van der Waals surface area contributed by atoms with Crippen LogP contribution in [-0.2, 0) is 6.54 Å². The molecule has 7 nitrogen and oxygen atoms in total. The maximum absolute atomic E-state index is 13.2. The number of carbonyl (C=O) groups excluding carboxylic acids is 1. The van der Waals surface area contributed by atoms with Crippen LogP contribution in [0.4, 0.5) is 5.69 Å². The molecule has 2 fully saturated rings. The number of hydrogen-bond donors (Lipinski definition) is 1. The Morgan fingerprint density at radius 3 is 3.13 bits per heavy atom. The van der Waals surface area contributed by atoms with E-state index in [0.717, 1.165) is 52.5 Å². The zero-order valence-corrected chi connectivity index (χ0v) is 17.4. The number of amides is 1. The zero-order chi connectivity index (χ0) is 20.1. The molecular formula is C22H22N6OS. The van der Waals surface area contributed by atoms with E-state index in [1.165, 1.54) is 30.9 Å². The fraction of sp³-hybridized carbons (Fsp3) is 0.364. The van der Waals surface area contributed by atoms with Crippen LogP contribution in [0.1, 0.15) is 34.6 Å². The minimum atomic E-state index is 0.0619. The van der Waals surface area contributed by atoms with Gasteiger partial charge in [0.25, 0.3) is 5.91 Å². The molecule has 1 amide bonds. The lowest BCUT2D eigenvalue weighted by Gasteiger charge is -2.37. The summed E-state index contributed by atoms with van der Waals surface area (Å²) < 4.78 is 5.53. The summed E-state index contributed by atoms with van der Waals surface area (Å²) in [6.07, 6.45) is 4.23. The van der Waals surface area contributed by atoms with E-state index in [2.05, 4.69) is 30.6 Å². The van der Waals surface area contributed by atoms with Crippen molar-refractivity contribution in [3.63, 3.8) is 0 Å². The van der Waals surface area contributed by atoms with Crippen molar-refractivity contribution in [3.8, 4) is 0 Å². The predicted octanol–water partition coefficient (Wildman–Crippen LogP) is 2.98. The molecule has 0 bridgehead atoms. The summed E-state index contributed by atoms with van der Waals surface area (Å²) >= 11 is 1.38. The predicted molar refractivity (Wildman–Crippen MR) is 118 cm³/mol. The van der Waals surface area contributed by atoms with Crippen molar-refractivity contribution in [2.24, 2.45) is 4.99 Å². The molecule has 6 rings (SSSR count). The molecule has 3 aromatic rings. The maximum Gasteiger partial charge on any atom is 0.274 e. The van der Waals surface area contributed by atoms with E-state index in [4.69, 9.17) is 0 Å². The molecular weight excluding hydrogens is 396 g/mol. The summed E-state index contributed by atoms with van der Waals surface area (Å²) in [6, 6.07) is 10.5. The molecule has 8 heteroatoms. The van der Waals surface area contributed by atoms with E-state index < -0.39 is 0 Å². The molecule has 2 aromatic heterocycles. The third kappa shape index (κ3) is 2.98. The Labute approximate surface area is 178 Å². The van der Waals surface area contributed by atoms with Crippen LogP contribution in [0.15, 0.2) is 41.5 Å². The second-order valence-electron chi connectivity index (χ2n) is 8.13. The van der Waals surface area contributed by atoms with Crippen LogP contribution in [0, 0.1) is 0 Å². The van der Waals surface area contributed by atoms with E-state index in [1.807, 2.05) is 29.2 Å². The molecule has 1 N–H and O–H groups in total. The molecule has 5 heterocycles. The quantitative estimate of drug-likeness (QED) is 0.693. The molecule has 1 unspecified atom stereocenters. The summed E-state index contributed by atoms with van der Waals surface area (Å²) in [5, 5.41) is 4.31. The first-order chi connectivity index (χ1) is 14.8. The number of hydrogen-bond acceptors (Lipinski definition) is 7. The van der Waals surface area contributed by atoms with E-state index in [9.17, 15) is 4.79 Å². The average Bonchev–Trinajstić information content (AvgIpc) is 3.51. The number of rotatable bonds is 2.